The SMILES string of the molecule is CC1(O[Si](C)(C)C)OC(CN(Cc2ccccc2)Cc2ccccc2)C(O[Si](C)(C)C)C1O[Si](C)(C)C. The van der Waals surface area contributed by atoms with E-state index in [0.29, 0.717) is 0 Å². The largest absolute Gasteiger partial charge is 0.409 e. The Hall–Kier alpha value is -1.11. The van der Waals surface area contributed by atoms with Crippen molar-refractivity contribution in [2.45, 2.75) is 103 Å². The molecule has 3 rings (SSSR count). The maximum atomic E-state index is 6.91. The van der Waals surface area contributed by atoms with Gasteiger partial charge in [-0.2, -0.15) is 0 Å². The van der Waals surface area contributed by atoms with Crippen molar-refractivity contribution >= 4 is 25.0 Å². The van der Waals surface area contributed by atoms with Crippen molar-refractivity contribution < 1.29 is 18.0 Å². The number of nitrogens with zero attached hydrogens (tertiary/aromatic N) is 1. The molecule has 2 aromatic rings. The molecule has 2 aromatic carbocycles. The zero-order chi connectivity index (χ0) is 27.5. The summed E-state index contributed by atoms with van der Waals surface area (Å²) in [5.74, 6) is -0.842. The van der Waals surface area contributed by atoms with Crippen LogP contribution in [0, 0.1) is 0 Å². The molecule has 0 aromatic heterocycles. The van der Waals surface area contributed by atoms with Gasteiger partial charge in [0, 0.05) is 19.6 Å². The molecule has 1 saturated heterocycles. The summed E-state index contributed by atoms with van der Waals surface area (Å²) in [6.07, 6.45) is -0.617. The molecule has 1 fully saturated rings. The van der Waals surface area contributed by atoms with Crippen LogP contribution in [0.4, 0.5) is 0 Å². The molecule has 8 heteroatoms. The highest BCUT2D eigenvalue weighted by Gasteiger charge is 2.58. The van der Waals surface area contributed by atoms with Crippen molar-refractivity contribution in [1.82, 2.24) is 4.90 Å². The van der Waals surface area contributed by atoms with Gasteiger partial charge in [-0.15, -0.1) is 0 Å². The summed E-state index contributed by atoms with van der Waals surface area (Å²) in [6.45, 7) is 24.6. The van der Waals surface area contributed by atoms with E-state index in [-0.39, 0.29) is 18.3 Å². The first-order valence-electron chi connectivity index (χ1n) is 13.6. The molecule has 0 N–H and O–H groups in total. The zero-order valence-electron chi connectivity index (χ0n) is 24.7. The standard InChI is InChI=1S/C29H49NO4Si3/c1-29(34-37(8,9)10)28(33-36(5,6)7)27(32-35(2,3)4)26(31-29)23-30(21-24-17-13-11-14-18-24)22-25-19-15-12-16-20-25/h11-20,26-28H,21-23H2,1-10H3. The van der Waals surface area contributed by atoms with Gasteiger partial charge >= 0.3 is 0 Å². The lowest BCUT2D eigenvalue weighted by molar-refractivity contribution is -0.199. The summed E-state index contributed by atoms with van der Waals surface area (Å²) in [7, 11) is -5.77. The Kier molecular flexibility index (Phi) is 9.84. The second kappa shape index (κ2) is 12.0. The van der Waals surface area contributed by atoms with E-state index in [0.717, 1.165) is 19.6 Å². The lowest BCUT2D eigenvalue weighted by atomic mass is 10.1. The maximum Gasteiger partial charge on any atom is 0.187 e. The quantitative estimate of drug-likeness (QED) is 0.260. The van der Waals surface area contributed by atoms with Crippen LogP contribution in [-0.2, 0) is 31.1 Å². The molecule has 0 spiro atoms. The van der Waals surface area contributed by atoms with Gasteiger partial charge in [-0.3, -0.25) is 4.90 Å². The highest BCUT2D eigenvalue weighted by molar-refractivity contribution is 6.70. The minimum absolute atomic E-state index is 0.165. The van der Waals surface area contributed by atoms with Crippen molar-refractivity contribution in [2.75, 3.05) is 6.54 Å². The van der Waals surface area contributed by atoms with Crippen molar-refractivity contribution in [3.05, 3.63) is 71.8 Å². The lowest BCUT2D eigenvalue weighted by Gasteiger charge is -2.40. The van der Waals surface area contributed by atoms with Gasteiger partial charge in [0.2, 0.25) is 0 Å². The molecule has 4 unspecified atom stereocenters. The number of benzene rings is 2. The van der Waals surface area contributed by atoms with Crippen molar-refractivity contribution in [1.29, 1.82) is 0 Å². The lowest BCUT2D eigenvalue weighted by Crippen LogP contribution is -2.55. The van der Waals surface area contributed by atoms with Gasteiger partial charge in [0.05, 0.1) is 0 Å². The molecular weight excluding hydrogens is 511 g/mol. The Balaban J connectivity index is 1.97. The number of hydrogen-bond donors (Lipinski definition) is 0. The van der Waals surface area contributed by atoms with Gasteiger partial charge in [0.1, 0.15) is 18.3 Å². The number of ether oxygens (including phenoxy) is 1. The van der Waals surface area contributed by atoms with Crippen molar-refractivity contribution in [3.63, 3.8) is 0 Å². The van der Waals surface area contributed by atoms with E-state index in [1.807, 2.05) is 0 Å². The summed E-state index contributed by atoms with van der Waals surface area (Å²) >= 11 is 0. The molecule has 5 nitrogen and oxygen atoms in total. The topological polar surface area (TPSA) is 40.2 Å². The van der Waals surface area contributed by atoms with Crippen LogP contribution in [0.3, 0.4) is 0 Å². The second-order valence-electron chi connectivity index (χ2n) is 13.4. The van der Waals surface area contributed by atoms with E-state index in [4.69, 9.17) is 18.0 Å². The Morgan fingerprint density at radius 2 is 1.16 bits per heavy atom. The van der Waals surface area contributed by atoms with E-state index in [9.17, 15) is 0 Å². The fourth-order valence-corrected chi connectivity index (χ4v) is 8.57. The molecule has 0 radical (unpaired) electrons. The molecule has 0 bridgehead atoms. The Morgan fingerprint density at radius 1 is 0.703 bits per heavy atom. The summed E-state index contributed by atoms with van der Waals surface area (Å²) in [6, 6.07) is 21.3. The fraction of sp³-hybridized carbons (Fsp3) is 0.586. The predicted molar refractivity (Wildman–Crippen MR) is 161 cm³/mol. The van der Waals surface area contributed by atoms with Crippen molar-refractivity contribution in [2.24, 2.45) is 0 Å². The van der Waals surface area contributed by atoms with Crippen LogP contribution in [0.25, 0.3) is 0 Å². The first-order chi connectivity index (χ1) is 17.0. The monoisotopic (exact) mass is 559 g/mol. The van der Waals surface area contributed by atoms with Crippen LogP contribution in [-0.4, -0.2) is 60.5 Å². The van der Waals surface area contributed by atoms with Gasteiger partial charge in [-0.25, -0.2) is 0 Å². The molecule has 4 atom stereocenters. The molecular formula is C29H49NO4Si3. The zero-order valence-corrected chi connectivity index (χ0v) is 27.7. The third-order valence-corrected chi connectivity index (χ3v) is 8.94. The van der Waals surface area contributed by atoms with E-state index < -0.39 is 30.7 Å². The summed E-state index contributed by atoms with van der Waals surface area (Å²) in [4.78, 5) is 2.47. The summed E-state index contributed by atoms with van der Waals surface area (Å²) in [5.41, 5.74) is 2.57. The van der Waals surface area contributed by atoms with E-state index in [2.05, 4.69) is 131 Å². The van der Waals surface area contributed by atoms with Crippen LogP contribution in [0.15, 0.2) is 60.7 Å². The Labute approximate surface area is 228 Å². The minimum Gasteiger partial charge on any atom is -0.409 e. The van der Waals surface area contributed by atoms with E-state index >= 15 is 0 Å². The van der Waals surface area contributed by atoms with Gasteiger partial charge < -0.3 is 18.0 Å². The third kappa shape index (κ3) is 9.85. The first kappa shape index (κ1) is 30.4. The molecule has 0 saturated carbocycles. The second-order valence-corrected chi connectivity index (χ2v) is 26.7. The Bertz CT molecular complexity index is 931. The smallest absolute Gasteiger partial charge is 0.187 e. The molecule has 37 heavy (non-hydrogen) atoms. The fourth-order valence-electron chi connectivity index (χ4n) is 4.98. The molecule has 0 aliphatic carbocycles. The van der Waals surface area contributed by atoms with Gasteiger partial charge in [0.15, 0.2) is 30.7 Å². The van der Waals surface area contributed by atoms with Crippen LogP contribution in [0.1, 0.15) is 18.1 Å². The van der Waals surface area contributed by atoms with Gasteiger partial charge in [-0.1, -0.05) is 60.7 Å². The van der Waals surface area contributed by atoms with Crippen LogP contribution < -0.4 is 0 Å². The van der Waals surface area contributed by atoms with Crippen LogP contribution in [0.5, 0.6) is 0 Å². The summed E-state index contributed by atoms with van der Waals surface area (Å²) in [5, 5.41) is 0. The predicted octanol–water partition coefficient (Wildman–Crippen LogP) is 7.10. The first-order valence-corrected chi connectivity index (χ1v) is 23.8. The van der Waals surface area contributed by atoms with Crippen LogP contribution in [0.2, 0.25) is 58.9 Å². The summed E-state index contributed by atoms with van der Waals surface area (Å²) < 4.78 is 27.4. The van der Waals surface area contributed by atoms with E-state index in [1.54, 1.807) is 0 Å². The highest BCUT2D eigenvalue weighted by atomic mass is 28.4. The minimum atomic E-state index is -1.94. The van der Waals surface area contributed by atoms with Gasteiger partial charge in [0.25, 0.3) is 0 Å². The molecule has 1 heterocycles. The molecule has 1 aliphatic rings. The number of hydrogen-bond acceptors (Lipinski definition) is 5. The average Bonchev–Trinajstić information content (AvgIpc) is 2.96. The van der Waals surface area contributed by atoms with Crippen LogP contribution >= 0.6 is 0 Å². The maximum absolute atomic E-state index is 6.91. The Morgan fingerprint density at radius 3 is 1.57 bits per heavy atom. The number of rotatable bonds is 12. The molecule has 1 aliphatic heterocycles. The normalized spacial score (nSPS) is 25.1. The van der Waals surface area contributed by atoms with Gasteiger partial charge in [-0.05, 0) is 77.0 Å². The molecule has 206 valence electrons. The van der Waals surface area contributed by atoms with Crippen molar-refractivity contribution in [3.8, 4) is 0 Å². The third-order valence-electron chi connectivity index (χ3n) is 5.98. The average molecular weight is 560 g/mol. The molecule has 0 amide bonds. The highest BCUT2D eigenvalue weighted by Crippen LogP contribution is 2.41. The van der Waals surface area contributed by atoms with E-state index in [1.165, 1.54) is 11.1 Å².